The summed E-state index contributed by atoms with van der Waals surface area (Å²) in [6.45, 7) is 0. The number of fused-ring (bicyclic) bond motifs is 1. The van der Waals surface area contributed by atoms with Crippen LogP contribution in [0.4, 0.5) is 5.69 Å². The molecule has 0 aliphatic carbocycles. The highest BCUT2D eigenvalue weighted by Gasteiger charge is 2.14. The van der Waals surface area contributed by atoms with E-state index in [4.69, 9.17) is 5.11 Å². The molecule has 2 N–H and O–H groups in total. The summed E-state index contributed by atoms with van der Waals surface area (Å²) in [6.07, 6.45) is 0.671. The Morgan fingerprint density at radius 3 is 2.29 bits per heavy atom. The largest absolute Gasteiger partial charge is 0.478 e. The summed E-state index contributed by atoms with van der Waals surface area (Å²) in [5, 5.41) is 13.1. The molecule has 0 radical (unpaired) electrons. The van der Waals surface area contributed by atoms with Gasteiger partial charge in [-0.2, -0.15) is 0 Å². The third-order valence-electron chi connectivity index (χ3n) is 3.72. The topological polar surface area (TPSA) is 83.5 Å². The molecule has 0 bridgehead atoms. The first-order chi connectivity index (χ1) is 11.6. The highest BCUT2D eigenvalue weighted by Crippen LogP contribution is 2.22. The molecule has 3 aromatic rings. The van der Waals surface area contributed by atoms with Crippen molar-refractivity contribution in [1.29, 1.82) is 0 Å². The molecule has 0 saturated carbocycles. The lowest BCUT2D eigenvalue weighted by molar-refractivity contribution is 0.0696. The second-order valence-electron chi connectivity index (χ2n) is 5.20. The number of amides is 1. The maximum atomic E-state index is 12.5. The van der Waals surface area contributed by atoms with Crippen LogP contribution in [0.1, 0.15) is 31.1 Å². The van der Waals surface area contributed by atoms with Crippen molar-refractivity contribution in [3.8, 4) is 0 Å². The molecule has 0 aromatic heterocycles. The van der Waals surface area contributed by atoms with Gasteiger partial charge in [-0.1, -0.05) is 30.3 Å². The molecule has 0 saturated heterocycles. The van der Waals surface area contributed by atoms with Crippen LogP contribution in [-0.4, -0.2) is 23.3 Å². The number of hydrogen-bond donors (Lipinski definition) is 2. The van der Waals surface area contributed by atoms with Gasteiger partial charge in [-0.15, -0.1) is 0 Å². The Kier molecular flexibility index (Phi) is 4.07. The van der Waals surface area contributed by atoms with Gasteiger partial charge in [0.1, 0.15) is 0 Å². The van der Waals surface area contributed by atoms with Crippen molar-refractivity contribution in [3.05, 3.63) is 77.4 Å². The average molecular weight is 319 g/mol. The second-order valence-corrected chi connectivity index (χ2v) is 5.20. The normalized spacial score (nSPS) is 10.3. The van der Waals surface area contributed by atoms with Crippen LogP contribution < -0.4 is 5.32 Å². The maximum Gasteiger partial charge on any atom is 0.335 e. The number of aromatic carboxylic acids is 1. The van der Waals surface area contributed by atoms with E-state index in [9.17, 15) is 14.4 Å². The average Bonchev–Trinajstić information content (AvgIpc) is 2.61. The Morgan fingerprint density at radius 1 is 0.917 bits per heavy atom. The molecule has 0 atom stereocenters. The zero-order valence-electron chi connectivity index (χ0n) is 12.5. The summed E-state index contributed by atoms with van der Waals surface area (Å²) in [7, 11) is 0. The Balaban J connectivity index is 1.93. The SMILES string of the molecule is O=Cc1c(C(=O)Nc2ccc(C(=O)O)cc2)ccc2ccccc12. The van der Waals surface area contributed by atoms with E-state index in [0.29, 0.717) is 22.9 Å². The molecular formula is C19H13NO4. The minimum atomic E-state index is -1.04. The van der Waals surface area contributed by atoms with E-state index in [-0.39, 0.29) is 11.1 Å². The first kappa shape index (κ1) is 15.4. The Morgan fingerprint density at radius 2 is 1.62 bits per heavy atom. The predicted molar refractivity (Wildman–Crippen MR) is 90.7 cm³/mol. The zero-order chi connectivity index (χ0) is 17.1. The number of carboxylic acids is 1. The molecule has 118 valence electrons. The lowest BCUT2D eigenvalue weighted by atomic mass is 9.99. The van der Waals surface area contributed by atoms with Gasteiger partial charge in [0.05, 0.1) is 11.1 Å². The molecule has 0 fully saturated rings. The Hall–Kier alpha value is -3.47. The molecular weight excluding hydrogens is 306 g/mol. The molecule has 0 unspecified atom stereocenters. The molecule has 3 rings (SSSR count). The van der Waals surface area contributed by atoms with Crippen LogP contribution in [0.25, 0.3) is 10.8 Å². The van der Waals surface area contributed by atoms with Gasteiger partial charge >= 0.3 is 5.97 Å². The summed E-state index contributed by atoms with van der Waals surface area (Å²) in [4.78, 5) is 34.8. The van der Waals surface area contributed by atoms with Crippen LogP contribution >= 0.6 is 0 Å². The molecule has 1 amide bonds. The van der Waals surface area contributed by atoms with Crippen molar-refractivity contribution >= 4 is 34.6 Å². The van der Waals surface area contributed by atoms with Crippen LogP contribution in [0, 0.1) is 0 Å². The smallest absolute Gasteiger partial charge is 0.335 e. The Labute approximate surface area is 137 Å². The number of carboxylic acid groups (broad SMARTS) is 1. The van der Waals surface area contributed by atoms with Crippen molar-refractivity contribution in [2.24, 2.45) is 0 Å². The van der Waals surface area contributed by atoms with Crippen LogP contribution in [0.3, 0.4) is 0 Å². The van der Waals surface area contributed by atoms with Crippen LogP contribution in [-0.2, 0) is 0 Å². The number of hydrogen-bond acceptors (Lipinski definition) is 3. The summed E-state index contributed by atoms with van der Waals surface area (Å²) < 4.78 is 0. The monoisotopic (exact) mass is 319 g/mol. The number of carbonyl (C=O) groups is 3. The molecule has 5 heteroatoms. The van der Waals surface area contributed by atoms with Crippen LogP contribution in [0.5, 0.6) is 0 Å². The third-order valence-corrected chi connectivity index (χ3v) is 3.72. The van der Waals surface area contributed by atoms with Crippen molar-refractivity contribution in [2.45, 2.75) is 0 Å². The maximum absolute atomic E-state index is 12.5. The van der Waals surface area contributed by atoms with E-state index < -0.39 is 11.9 Å². The molecule has 0 spiro atoms. The van der Waals surface area contributed by atoms with E-state index in [2.05, 4.69) is 5.32 Å². The van der Waals surface area contributed by atoms with Crippen LogP contribution in [0.15, 0.2) is 60.7 Å². The van der Waals surface area contributed by atoms with Crippen molar-refractivity contribution in [3.63, 3.8) is 0 Å². The Bertz CT molecular complexity index is 945. The van der Waals surface area contributed by atoms with E-state index in [1.165, 1.54) is 24.3 Å². The number of anilines is 1. The van der Waals surface area contributed by atoms with E-state index in [1.54, 1.807) is 18.2 Å². The molecule has 5 nitrogen and oxygen atoms in total. The van der Waals surface area contributed by atoms with Gasteiger partial charge in [0, 0.05) is 11.3 Å². The molecule has 0 heterocycles. The third kappa shape index (κ3) is 2.87. The van der Waals surface area contributed by atoms with Gasteiger partial charge < -0.3 is 10.4 Å². The first-order valence-electron chi connectivity index (χ1n) is 7.22. The summed E-state index contributed by atoms with van der Waals surface area (Å²) >= 11 is 0. The van der Waals surface area contributed by atoms with Gasteiger partial charge in [0.2, 0.25) is 0 Å². The van der Waals surface area contributed by atoms with E-state index in [0.717, 1.165) is 5.39 Å². The van der Waals surface area contributed by atoms with E-state index >= 15 is 0 Å². The van der Waals surface area contributed by atoms with Crippen LogP contribution in [0.2, 0.25) is 0 Å². The summed E-state index contributed by atoms with van der Waals surface area (Å²) in [6, 6.07) is 16.5. The highest BCUT2D eigenvalue weighted by molar-refractivity contribution is 6.14. The molecule has 3 aromatic carbocycles. The lowest BCUT2D eigenvalue weighted by Crippen LogP contribution is -2.14. The standard InChI is InChI=1S/C19H13NO4/c21-11-17-15-4-2-1-3-12(15)7-10-16(17)18(22)20-14-8-5-13(6-9-14)19(23)24/h1-11H,(H,20,22)(H,23,24). The number of nitrogens with one attached hydrogen (secondary N) is 1. The second kappa shape index (κ2) is 6.34. The zero-order valence-corrected chi connectivity index (χ0v) is 12.5. The predicted octanol–water partition coefficient (Wildman–Crippen LogP) is 3.60. The number of aldehydes is 1. The van der Waals surface area contributed by atoms with E-state index in [1.807, 2.05) is 18.2 Å². The van der Waals surface area contributed by atoms with Gasteiger partial charge in [-0.3, -0.25) is 9.59 Å². The van der Waals surface area contributed by atoms with Gasteiger partial charge in [-0.25, -0.2) is 4.79 Å². The molecule has 24 heavy (non-hydrogen) atoms. The fourth-order valence-electron chi connectivity index (χ4n) is 2.52. The number of benzene rings is 3. The molecule has 0 aliphatic rings. The van der Waals surface area contributed by atoms with Crippen molar-refractivity contribution in [1.82, 2.24) is 0 Å². The van der Waals surface area contributed by atoms with Crippen molar-refractivity contribution in [2.75, 3.05) is 5.32 Å². The fraction of sp³-hybridized carbons (Fsp3) is 0. The quantitative estimate of drug-likeness (QED) is 0.720. The van der Waals surface area contributed by atoms with Gasteiger partial charge in [0.15, 0.2) is 6.29 Å². The summed E-state index contributed by atoms with van der Waals surface area (Å²) in [5.41, 5.74) is 1.18. The minimum absolute atomic E-state index is 0.132. The minimum Gasteiger partial charge on any atom is -0.478 e. The first-order valence-corrected chi connectivity index (χ1v) is 7.22. The lowest BCUT2D eigenvalue weighted by Gasteiger charge is -2.10. The number of rotatable bonds is 4. The highest BCUT2D eigenvalue weighted by atomic mass is 16.4. The fourth-order valence-corrected chi connectivity index (χ4v) is 2.52. The van der Waals surface area contributed by atoms with Gasteiger partial charge in [-0.05, 0) is 41.1 Å². The number of carbonyl (C=O) groups excluding carboxylic acids is 2. The van der Waals surface area contributed by atoms with Gasteiger partial charge in [0.25, 0.3) is 5.91 Å². The van der Waals surface area contributed by atoms with Crippen molar-refractivity contribution < 1.29 is 19.5 Å². The molecule has 0 aliphatic heterocycles. The summed E-state index contributed by atoms with van der Waals surface area (Å²) in [5.74, 6) is -1.46.